The second-order valence-corrected chi connectivity index (χ2v) is 4.46. The molecule has 3 nitrogen and oxygen atoms in total. The van der Waals surface area contributed by atoms with Crippen LogP contribution in [-0.4, -0.2) is 28.9 Å². The number of alkyl halides is 3. The first-order valence-electron chi connectivity index (χ1n) is 4.81. The van der Waals surface area contributed by atoms with Crippen LogP contribution in [-0.2, 0) is 0 Å². The van der Waals surface area contributed by atoms with Crippen molar-refractivity contribution >= 4 is 26.7 Å². The van der Waals surface area contributed by atoms with Gasteiger partial charge in [0.2, 0.25) is 0 Å². The van der Waals surface area contributed by atoms with Gasteiger partial charge in [-0.05, 0) is 12.1 Å². The lowest BCUT2D eigenvalue weighted by atomic mass is 10.3. The van der Waals surface area contributed by atoms with E-state index in [-0.39, 0.29) is 0 Å². The lowest BCUT2D eigenvalue weighted by Gasteiger charge is -2.14. The molecule has 0 saturated heterocycles. The van der Waals surface area contributed by atoms with Crippen LogP contribution in [0.15, 0.2) is 24.3 Å². The summed E-state index contributed by atoms with van der Waals surface area (Å²) in [7, 11) is 0. The molecular weight excluding hydrogens is 253 g/mol. The number of anilines is 1. The topological polar surface area (TPSA) is 45.1 Å². The van der Waals surface area contributed by atoms with Crippen molar-refractivity contribution in [2.75, 3.05) is 11.9 Å². The molecule has 1 aromatic heterocycles. The Morgan fingerprint density at radius 2 is 2.06 bits per heavy atom. The van der Waals surface area contributed by atoms with Gasteiger partial charge in [0.15, 0.2) is 11.2 Å². The number of aliphatic hydroxyl groups is 1. The van der Waals surface area contributed by atoms with Gasteiger partial charge < -0.3 is 10.4 Å². The molecule has 92 valence electrons. The van der Waals surface area contributed by atoms with Crippen molar-refractivity contribution in [2.45, 2.75) is 12.3 Å². The number of rotatable bonds is 3. The Morgan fingerprint density at radius 3 is 2.71 bits per heavy atom. The molecule has 0 aliphatic heterocycles. The van der Waals surface area contributed by atoms with E-state index in [2.05, 4.69) is 10.3 Å². The van der Waals surface area contributed by atoms with E-state index in [1.807, 2.05) is 12.1 Å². The van der Waals surface area contributed by atoms with Gasteiger partial charge in [0.1, 0.15) is 0 Å². The maximum atomic E-state index is 12.0. The Hall–Kier alpha value is -1.34. The molecule has 0 fully saturated rings. The molecule has 7 heteroatoms. The maximum absolute atomic E-state index is 12.0. The fraction of sp³-hybridized carbons (Fsp3) is 0.300. The fourth-order valence-corrected chi connectivity index (χ4v) is 2.12. The van der Waals surface area contributed by atoms with Gasteiger partial charge in [-0.15, -0.1) is 0 Å². The highest BCUT2D eigenvalue weighted by atomic mass is 32.1. The molecule has 17 heavy (non-hydrogen) atoms. The van der Waals surface area contributed by atoms with Gasteiger partial charge in [0.05, 0.1) is 16.8 Å². The first kappa shape index (κ1) is 12.1. The van der Waals surface area contributed by atoms with Gasteiger partial charge in [-0.2, -0.15) is 13.2 Å². The highest BCUT2D eigenvalue weighted by Gasteiger charge is 2.37. The average molecular weight is 262 g/mol. The standard InChI is InChI=1S/C10H9F3N2OS/c11-10(12,13)8(16)5-14-9-15-6-3-1-2-4-7(6)17-9/h1-4,8,16H,5H2,(H,14,15). The molecule has 1 atom stereocenters. The molecule has 0 radical (unpaired) electrons. The van der Waals surface area contributed by atoms with E-state index in [9.17, 15) is 13.2 Å². The normalized spacial score (nSPS) is 13.9. The summed E-state index contributed by atoms with van der Waals surface area (Å²) in [6.45, 7) is -0.594. The molecule has 0 aliphatic rings. The average Bonchev–Trinajstić information content (AvgIpc) is 2.66. The summed E-state index contributed by atoms with van der Waals surface area (Å²) in [6, 6.07) is 7.24. The Kier molecular flexibility index (Phi) is 3.21. The van der Waals surface area contributed by atoms with Crippen LogP contribution in [0.4, 0.5) is 18.3 Å². The van der Waals surface area contributed by atoms with Crippen LogP contribution in [0.25, 0.3) is 10.2 Å². The second-order valence-electron chi connectivity index (χ2n) is 3.43. The van der Waals surface area contributed by atoms with Crippen LogP contribution in [0.2, 0.25) is 0 Å². The Balaban J connectivity index is 2.04. The predicted molar refractivity (Wildman–Crippen MR) is 60.2 cm³/mol. The summed E-state index contributed by atoms with van der Waals surface area (Å²) in [5.74, 6) is 0. The van der Waals surface area contributed by atoms with Crippen LogP contribution in [0.1, 0.15) is 0 Å². The molecule has 2 rings (SSSR count). The molecule has 1 unspecified atom stereocenters. The molecular formula is C10H9F3N2OS. The van der Waals surface area contributed by atoms with E-state index in [1.165, 1.54) is 11.3 Å². The van der Waals surface area contributed by atoms with Crippen LogP contribution in [0.3, 0.4) is 0 Å². The van der Waals surface area contributed by atoms with Crippen molar-refractivity contribution in [1.82, 2.24) is 4.98 Å². The molecule has 2 N–H and O–H groups in total. The van der Waals surface area contributed by atoms with Crippen molar-refractivity contribution < 1.29 is 18.3 Å². The van der Waals surface area contributed by atoms with Gasteiger partial charge >= 0.3 is 6.18 Å². The Morgan fingerprint density at radius 1 is 1.35 bits per heavy atom. The third-order valence-corrected chi connectivity index (χ3v) is 3.11. The highest BCUT2D eigenvalue weighted by Crippen LogP contribution is 2.26. The summed E-state index contributed by atoms with van der Waals surface area (Å²) in [5, 5.41) is 11.7. The van der Waals surface area contributed by atoms with E-state index in [1.54, 1.807) is 12.1 Å². The van der Waals surface area contributed by atoms with E-state index in [0.717, 1.165) is 10.2 Å². The largest absolute Gasteiger partial charge is 0.416 e. The number of halogens is 3. The summed E-state index contributed by atoms with van der Waals surface area (Å²) in [4.78, 5) is 4.10. The summed E-state index contributed by atoms with van der Waals surface area (Å²) in [5.41, 5.74) is 0.724. The van der Waals surface area contributed by atoms with Crippen molar-refractivity contribution in [1.29, 1.82) is 0 Å². The number of hydrogen-bond donors (Lipinski definition) is 2. The maximum Gasteiger partial charge on any atom is 0.416 e. The van der Waals surface area contributed by atoms with E-state index in [0.29, 0.717) is 5.13 Å². The number of aromatic nitrogens is 1. The summed E-state index contributed by atoms with van der Waals surface area (Å²) in [6.07, 6.45) is -6.99. The van der Waals surface area contributed by atoms with Gasteiger partial charge in [-0.25, -0.2) is 4.98 Å². The quantitative estimate of drug-likeness (QED) is 0.893. The predicted octanol–water partition coefficient (Wildman–Crippen LogP) is 2.63. The first-order chi connectivity index (χ1) is 7.97. The fourth-order valence-electron chi connectivity index (χ4n) is 1.25. The zero-order chi connectivity index (χ0) is 12.5. The van der Waals surface area contributed by atoms with Crippen LogP contribution in [0, 0.1) is 0 Å². The van der Waals surface area contributed by atoms with Crippen LogP contribution in [0.5, 0.6) is 0 Å². The summed E-state index contributed by atoms with van der Waals surface area (Å²) >= 11 is 1.25. The van der Waals surface area contributed by atoms with Gasteiger partial charge in [0, 0.05) is 0 Å². The lowest BCUT2D eigenvalue weighted by molar-refractivity contribution is -0.198. The highest BCUT2D eigenvalue weighted by molar-refractivity contribution is 7.22. The molecule has 0 aliphatic carbocycles. The third kappa shape index (κ3) is 2.86. The lowest BCUT2D eigenvalue weighted by Crippen LogP contribution is -2.34. The van der Waals surface area contributed by atoms with E-state index >= 15 is 0 Å². The number of fused-ring (bicyclic) bond motifs is 1. The van der Waals surface area contributed by atoms with Crippen LogP contribution >= 0.6 is 11.3 Å². The SMILES string of the molecule is OC(CNc1nc2ccccc2s1)C(F)(F)F. The first-order valence-corrected chi connectivity index (χ1v) is 5.62. The summed E-state index contributed by atoms with van der Waals surface area (Å²) < 4.78 is 37.0. The molecule has 0 spiro atoms. The molecule has 1 aromatic carbocycles. The van der Waals surface area contributed by atoms with Crippen molar-refractivity contribution in [2.24, 2.45) is 0 Å². The van der Waals surface area contributed by atoms with Crippen molar-refractivity contribution in [3.63, 3.8) is 0 Å². The van der Waals surface area contributed by atoms with Gasteiger partial charge in [-0.1, -0.05) is 23.5 Å². The van der Waals surface area contributed by atoms with E-state index in [4.69, 9.17) is 5.11 Å². The minimum absolute atomic E-state index is 0.370. The molecule has 0 bridgehead atoms. The Bertz CT molecular complexity index is 478. The smallest absolute Gasteiger partial charge is 0.382 e. The number of benzene rings is 1. The zero-order valence-corrected chi connectivity index (χ0v) is 9.35. The number of para-hydroxylation sites is 1. The monoisotopic (exact) mass is 262 g/mol. The number of nitrogens with one attached hydrogen (secondary N) is 1. The second kappa shape index (κ2) is 4.50. The number of thiazole rings is 1. The molecule has 0 saturated carbocycles. The van der Waals surface area contributed by atoms with Gasteiger partial charge in [-0.3, -0.25) is 0 Å². The molecule has 1 heterocycles. The molecule has 2 aromatic rings. The van der Waals surface area contributed by atoms with Crippen LogP contribution < -0.4 is 5.32 Å². The molecule has 0 amide bonds. The number of nitrogens with zero attached hydrogens (tertiary/aromatic N) is 1. The van der Waals surface area contributed by atoms with E-state index < -0.39 is 18.8 Å². The van der Waals surface area contributed by atoms with Gasteiger partial charge in [0.25, 0.3) is 0 Å². The number of hydrogen-bond acceptors (Lipinski definition) is 4. The van der Waals surface area contributed by atoms with Crippen molar-refractivity contribution in [3.8, 4) is 0 Å². The third-order valence-electron chi connectivity index (χ3n) is 2.12. The number of aliphatic hydroxyl groups excluding tert-OH is 1. The minimum Gasteiger partial charge on any atom is -0.382 e. The Labute approximate surface area is 98.9 Å². The zero-order valence-electron chi connectivity index (χ0n) is 8.53. The van der Waals surface area contributed by atoms with Crippen molar-refractivity contribution in [3.05, 3.63) is 24.3 Å². The minimum atomic E-state index is -4.61.